The zero-order valence-electron chi connectivity index (χ0n) is 8.02. The largest absolute Gasteiger partial charge is 0.384 e. The van der Waals surface area contributed by atoms with E-state index >= 15 is 0 Å². The van der Waals surface area contributed by atoms with E-state index in [-0.39, 0.29) is 0 Å². The first kappa shape index (κ1) is 12.1. The second-order valence-corrected chi connectivity index (χ2v) is 3.29. The molecular weight excluding hydrogens is 226 g/mol. The van der Waals surface area contributed by atoms with Crippen molar-refractivity contribution < 1.29 is 18.3 Å². The molecule has 0 unspecified atom stereocenters. The van der Waals surface area contributed by atoms with E-state index in [0.717, 1.165) is 12.1 Å². The number of rotatable bonds is 4. The molecule has 0 atom stereocenters. The van der Waals surface area contributed by atoms with E-state index in [1.165, 1.54) is 7.11 Å². The van der Waals surface area contributed by atoms with Crippen LogP contribution in [-0.2, 0) is 11.2 Å². The molecule has 0 aliphatic heterocycles. The molecule has 0 aliphatic rings. The van der Waals surface area contributed by atoms with Gasteiger partial charge in [-0.05, 0) is 35.7 Å². The third kappa shape index (κ3) is 2.97. The van der Waals surface area contributed by atoms with Gasteiger partial charge in [-0.3, -0.25) is 4.79 Å². The van der Waals surface area contributed by atoms with Crippen LogP contribution < -0.4 is 0 Å². The number of hydrogen-bond donors (Lipinski definition) is 0. The Morgan fingerprint density at radius 1 is 1.40 bits per heavy atom. The van der Waals surface area contributed by atoms with Crippen LogP contribution in [0.4, 0.5) is 8.78 Å². The lowest BCUT2D eigenvalue weighted by Crippen LogP contribution is -2.03. The summed E-state index contributed by atoms with van der Waals surface area (Å²) in [5.41, 5.74) is -0.286. The maximum absolute atomic E-state index is 13.2. The van der Waals surface area contributed by atoms with E-state index in [1.54, 1.807) is 0 Å². The molecule has 15 heavy (non-hydrogen) atoms. The third-order valence-electron chi connectivity index (χ3n) is 1.89. The van der Waals surface area contributed by atoms with E-state index in [1.807, 2.05) is 0 Å². The first-order valence-electron chi connectivity index (χ1n) is 4.23. The molecule has 1 aromatic carbocycles. The number of halogens is 3. The molecule has 0 saturated carbocycles. The van der Waals surface area contributed by atoms with Crippen molar-refractivity contribution in [3.63, 3.8) is 0 Å². The van der Waals surface area contributed by atoms with Crippen molar-refractivity contribution in [2.24, 2.45) is 0 Å². The summed E-state index contributed by atoms with van der Waals surface area (Å²) in [6.07, 6.45) is 0.376. The van der Waals surface area contributed by atoms with E-state index in [9.17, 15) is 13.6 Å². The van der Waals surface area contributed by atoms with E-state index in [2.05, 4.69) is 0 Å². The molecule has 0 radical (unpaired) electrons. The minimum atomic E-state index is -1.14. The Labute approximate surface area is 90.8 Å². The van der Waals surface area contributed by atoms with Crippen LogP contribution in [0.1, 0.15) is 15.9 Å². The van der Waals surface area contributed by atoms with Gasteiger partial charge in [0.25, 0.3) is 5.24 Å². The van der Waals surface area contributed by atoms with E-state index < -0.39 is 22.4 Å². The first-order valence-corrected chi connectivity index (χ1v) is 4.60. The zero-order chi connectivity index (χ0) is 11.4. The van der Waals surface area contributed by atoms with Crippen LogP contribution in [0.15, 0.2) is 12.1 Å². The van der Waals surface area contributed by atoms with Crippen molar-refractivity contribution in [1.82, 2.24) is 0 Å². The Bertz CT molecular complexity index is 357. The van der Waals surface area contributed by atoms with Crippen molar-refractivity contribution in [2.75, 3.05) is 13.7 Å². The van der Waals surface area contributed by atoms with Crippen molar-refractivity contribution >= 4 is 16.8 Å². The Kier molecular flexibility index (Phi) is 4.17. The molecule has 1 rings (SSSR count). The first-order chi connectivity index (χ1) is 7.06. The van der Waals surface area contributed by atoms with Crippen molar-refractivity contribution in [2.45, 2.75) is 6.42 Å². The van der Waals surface area contributed by atoms with Gasteiger partial charge in [0, 0.05) is 7.11 Å². The van der Waals surface area contributed by atoms with Gasteiger partial charge in [0.2, 0.25) is 0 Å². The molecule has 0 N–H and O–H groups in total. The summed E-state index contributed by atoms with van der Waals surface area (Å²) in [6, 6.07) is 2.16. The number of ether oxygens (including phenoxy) is 1. The van der Waals surface area contributed by atoms with Gasteiger partial charge in [0.15, 0.2) is 0 Å². The summed E-state index contributed by atoms with van der Waals surface area (Å²) < 4.78 is 31.2. The minimum absolute atomic E-state index is 0.354. The Balaban J connectivity index is 3.03. The summed E-state index contributed by atoms with van der Waals surface area (Å²) in [6.45, 7) is 0.354. The van der Waals surface area contributed by atoms with E-state index in [0.29, 0.717) is 18.6 Å². The molecule has 0 bridgehead atoms. The molecule has 2 nitrogen and oxygen atoms in total. The van der Waals surface area contributed by atoms with E-state index in [4.69, 9.17) is 16.3 Å². The number of carbonyl (C=O) groups excluding carboxylic acids is 1. The summed E-state index contributed by atoms with van der Waals surface area (Å²) in [7, 11) is 1.49. The van der Waals surface area contributed by atoms with Crippen LogP contribution in [0.5, 0.6) is 0 Å². The summed E-state index contributed by atoms with van der Waals surface area (Å²) in [5.74, 6) is -1.89. The van der Waals surface area contributed by atoms with Gasteiger partial charge in [0.1, 0.15) is 17.2 Å². The van der Waals surface area contributed by atoms with Gasteiger partial charge >= 0.3 is 0 Å². The highest BCUT2D eigenvalue weighted by Crippen LogP contribution is 2.17. The minimum Gasteiger partial charge on any atom is -0.384 e. The van der Waals surface area contributed by atoms with Gasteiger partial charge < -0.3 is 4.74 Å². The summed E-state index contributed by atoms with van der Waals surface area (Å²) >= 11 is 5.03. The number of hydrogen-bond acceptors (Lipinski definition) is 2. The predicted octanol–water partition coefficient (Wildman–Crippen LogP) is 2.53. The normalized spacial score (nSPS) is 10.4. The second-order valence-electron chi connectivity index (χ2n) is 2.95. The maximum atomic E-state index is 13.2. The lowest BCUT2D eigenvalue weighted by molar-refractivity contribution is 0.107. The topological polar surface area (TPSA) is 26.3 Å². The fraction of sp³-hybridized carbons (Fsp3) is 0.300. The van der Waals surface area contributed by atoms with Crippen LogP contribution in [0.25, 0.3) is 0 Å². The number of carbonyl (C=O) groups is 1. The van der Waals surface area contributed by atoms with Crippen LogP contribution in [0.3, 0.4) is 0 Å². The Morgan fingerprint density at radius 2 is 1.93 bits per heavy atom. The van der Waals surface area contributed by atoms with Gasteiger partial charge in [0.05, 0.1) is 6.61 Å². The SMILES string of the molecule is COCCc1cc(F)c(C(=O)Cl)c(F)c1. The highest BCUT2D eigenvalue weighted by atomic mass is 35.5. The smallest absolute Gasteiger partial charge is 0.258 e. The quantitative estimate of drug-likeness (QED) is 0.749. The lowest BCUT2D eigenvalue weighted by Gasteiger charge is -2.04. The molecular formula is C10H9ClF2O2. The van der Waals surface area contributed by atoms with Crippen LogP contribution in [-0.4, -0.2) is 19.0 Å². The number of methoxy groups -OCH3 is 1. The molecule has 0 heterocycles. The van der Waals surface area contributed by atoms with Crippen molar-refractivity contribution in [1.29, 1.82) is 0 Å². The third-order valence-corrected chi connectivity index (χ3v) is 2.08. The summed E-state index contributed by atoms with van der Waals surface area (Å²) in [5, 5.41) is -1.14. The van der Waals surface area contributed by atoms with Gasteiger partial charge in [-0.1, -0.05) is 0 Å². The molecule has 0 fully saturated rings. The standard InChI is InChI=1S/C10H9ClF2O2/c1-15-3-2-6-4-7(12)9(10(11)14)8(13)5-6/h4-5H,2-3H2,1H3. The molecule has 0 amide bonds. The van der Waals surface area contributed by atoms with Gasteiger partial charge in [-0.2, -0.15) is 0 Å². The van der Waals surface area contributed by atoms with Crippen LogP contribution in [0.2, 0.25) is 0 Å². The predicted molar refractivity (Wildman–Crippen MR) is 52.1 cm³/mol. The average Bonchev–Trinajstić information content (AvgIpc) is 2.12. The monoisotopic (exact) mass is 234 g/mol. The number of benzene rings is 1. The molecule has 0 aromatic heterocycles. The Hall–Kier alpha value is -1.000. The molecule has 82 valence electrons. The zero-order valence-corrected chi connectivity index (χ0v) is 8.78. The fourth-order valence-electron chi connectivity index (χ4n) is 1.18. The molecule has 5 heteroatoms. The van der Waals surface area contributed by atoms with Crippen LogP contribution >= 0.6 is 11.6 Å². The molecule has 1 aromatic rings. The highest BCUT2D eigenvalue weighted by Gasteiger charge is 2.16. The highest BCUT2D eigenvalue weighted by molar-refractivity contribution is 6.67. The molecule has 0 aliphatic carbocycles. The molecule has 0 saturated heterocycles. The van der Waals surface area contributed by atoms with Crippen molar-refractivity contribution in [3.8, 4) is 0 Å². The second kappa shape index (κ2) is 5.19. The van der Waals surface area contributed by atoms with Crippen molar-refractivity contribution in [3.05, 3.63) is 34.9 Å². The lowest BCUT2D eigenvalue weighted by atomic mass is 10.1. The Morgan fingerprint density at radius 3 is 2.33 bits per heavy atom. The fourth-order valence-corrected chi connectivity index (χ4v) is 1.36. The average molecular weight is 235 g/mol. The molecule has 0 spiro atoms. The van der Waals surface area contributed by atoms with Crippen LogP contribution in [0, 0.1) is 11.6 Å². The summed E-state index contributed by atoms with van der Waals surface area (Å²) in [4.78, 5) is 10.7. The maximum Gasteiger partial charge on any atom is 0.258 e. The van der Waals surface area contributed by atoms with Gasteiger partial charge in [-0.25, -0.2) is 8.78 Å². The van der Waals surface area contributed by atoms with Gasteiger partial charge in [-0.15, -0.1) is 0 Å².